The predicted molar refractivity (Wildman–Crippen MR) is 132 cm³/mol. The number of hydrogen-bond donors (Lipinski definition) is 1. The zero-order valence-corrected chi connectivity index (χ0v) is 20.7. The first kappa shape index (κ1) is 27.5. The molecule has 0 atom stereocenters. The number of carbonyl (C=O) groups is 2. The smallest absolute Gasteiger partial charge is 0.417 e. The Kier molecular flexibility index (Phi) is 9.14. The van der Waals surface area contributed by atoms with Crippen molar-refractivity contribution < 1.29 is 32.2 Å². The lowest BCUT2D eigenvalue weighted by Gasteiger charge is -2.14. The molecule has 192 valence electrons. The number of ether oxygens (including phenoxy) is 2. The molecular formula is C26H22F3N3O4S. The highest BCUT2D eigenvalue weighted by Gasteiger charge is 2.36. The van der Waals surface area contributed by atoms with Crippen LogP contribution in [0.5, 0.6) is 5.75 Å². The second-order valence-electron chi connectivity index (χ2n) is 7.44. The maximum Gasteiger partial charge on any atom is 0.417 e. The Balaban J connectivity index is 1.82. The van der Waals surface area contributed by atoms with E-state index in [4.69, 9.17) is 9.47 Å². The number of nitriles is 1. The maximum atomic E-state index is 13.8. The van der Waals surface area contributed by atoms with Crippen molar-refractivity contribution in [1.82, 2.24) is 4.98 Å². The summed E-state index contributed by atoms with van der Waals surface area (Å²) in [6.07, 6.45) is -4.80. The molecule has 2 aromatic carbocycles. The average Bonchev–Trinajstić information content (AvgIpc) is 2.87. The Morgan fingerprint density at radius 2 is 1.73 bits per heavy atom. The quantitative estimate of drug-likeness (QED) is 0.270. The predicted octanol–water partition coefficient (Wildman–Crippen LogP) is 5.95. The van der Waals surface area contributed by atoms with Crippen LogP contribution in [0.1, 0.15) is 35.3 Å². The van der Waals surface area contributed by atoms with Gasteiger partial charge in [0.15, 0.2) is 0 Å². The molecule has 1 N–H and O–H groups in total. The Bertz CT molecular complexity index is 1300. The lowest BCUT2D eigenvalue weighted by molar-refractivity contribution is -0.138. The third-order valence-electron chi connectivity index (χ3n) is 4.88. The van der Waals surface area contributed by atoms with Crippen LogP contribution < -0.4 is 10.1 Å². The third kappa shape index (κ3) is 7.24. The summed E-state index contributed by atoms with van der Waals surface area (Å²) in [5.74, 6) is -0.776. The minimum atomic E-state index is -4.80. The van der Waals surface area contributed by atoms with Gasteiger partial charge in [0.2, 0.25) is 5.91 Å². The molecular weight excluding hydrogens is 507 g/mol. The SMILES string of the molecule is CCOC(=O)c1ccc(NC(=O)CSc2nc(-c3ccc(OCC)cc3)cc(C(F)(F)F)c2C#N)cc1. The van der Waals surface area contributed by atoms with E-state index in [1.165, 1.54) is 24.3 Å². The highest BCUT2D eigenvalue weighted by atomic mass is 32.2. The van der Waals surface area contributed by atoms with Gasteiger partial charge in [-0.15, -0.1) is 0 Å². The maximum absolute atomic E-state index is 13.8. The molecule has 7 nitrogen and oxygen atoms in total. The molecule has 0 saturated heterocycles. The van der Waals surface area contributed by atoms with Crippen LogP contribution in [0.2, 0.25) is 0 Å². The number of amides is 1. The summed E-state index contributed by atoms with van der Waals surface area (Å²) in [5, 5.41) is 11.9. The van der Waals surface area contributed by atoms with Crippen molar-refractivity contribution >= 4 is 29.3 Å². The van der Waals surface area contributed by atoms with Crippen molar-refractivity contribution in [3.8, 4) is 23.1 Å². The van der Waals surface area contributed by atoms with Crippen molar-refractivity contribution in [3.63, 3.8) is 0 Å². The van der Waals surface area contributed by atoms with Crippen molar-refractivity contribution in [2.45, 2.75) is 25.0 Å². The van der Waals surface area contributed by atoms with Gasteiger partial charge in [0.1, 0.15) is 16.8 Å². The van der Waals surface area contributed by atoms with Crippen LogP contribution in [-0.2, 0) is 15.7 Å². The van der Waals surface area contributed by atoms with E-state index in [0.717, 1.165) is 17.8 Å². The van der Waals surface area contributed by atoms with Crippen LogP contribution in [0.4, 0.5) is 18.9 Å². The number of benzene rings is 2. The van der Waals surface area contributed by atoms with Gasteiger partial charge in [0, 0.05) is 11.3 Å². The fraction of sp³-hybridized carbons (Fsp3) is 0.231. The van der Waals surface area contributed by atoms with E-state index in [-0.39, 0.29) is 23.1 Å². The molecule has 1 heterocycles. The Hall–Kier alpha value is -4.04. The number of anilines is 1. The standard InChI is InChI=1S/C26H22F3N3O4S/c1-3-35-19-11-7-16(8-12-19)22-13-21(26(27,28)29)20(14-30)24(32-22)37-15-23(33)31-18-9-5-17(6-10-18)25(34)36-4-2/h5-13H,3-4,15H2,1-2H3,(H,31,33). The van der Waals surface area contributed by atoms with Gasteiger partial charge < -0.3 is 14.8 Å². The molecule has 0 radical (unpaired) electrons. The molecule has 0 unspecified atom stereocenters. The Labute approximate surface area is 215 Å². The van der Waals surface area contributed by atoms with E-state index < -0.39 is 29.2 Å². The summed E-state index contributed by atoms with van der Waals surface area (Å²) < 4.78 is 51.6. The van der Waals surface area contributed by atoms with E-state index in [2.05, 4.69) is 10.3 Å². The monoisotopic (exact) mass is 529 g/mol. The molecule has 11 heteroatoms. The van der Waals surface area contributed by atoms with E-state index in [1.807, 2.05) is 6.92 Å². The molecule has 3 rings (SSSR count). The summed E-state index contributed by atoms with van der Waals surface area (Å²) in [5.41, 5.74) is -0.697. The lowest BCUT2D eigenvalue weighted by atomic mass is 10.1. The zero-order chi connectivity index (χ0) is 27.0. The van der Waals surface area contributed by atoms with Crippen molar-refractivity contribution in [2.24, 2.45) is 0 Å². The number of alkyl halides is 3. The minimum absolute atomic E-state index is 0.00633. The lowest BCUT2D eigenvalue weighted by Crippen LogP contribution is -2.15. The fourth-order valence-electron chi connectivity index (χ4n) is 3.23. The number of aromatic nitrogens is 1. The van der Waals surface area contributed by atoms with Crippen LogP contribution >= 0.6 is 11.8 Å². The first-order chi connectivity index (χ1) is 17.7. The van der Waals surface area contributed by atoms with Crippen molar-refractivity contribution in [3.05, 3.63) is 71.3 Å². The molecule has 0 aliphatic rings. The molecule has 0 aliphatic carbocycles. The average molecular weight is 530 g/mol. The Morgan fingerprint density at radius 3 is 2.30 bits per heavy atom. The van der Waals surface area contributed by atoms with Gasteiger partial charge in [-0.1, -0.05) is 11.8 Å². The molecule has 0 fully saturated rings. The number of rotatable bonds is 9. The van der Waals surface area contributed by atoms with Crippen molar-refractivity contribution in [2.75, 3.05) is 24.3 Å². The van der Waals surface area contributed by atoms with Gasteiger partial charge >= 0.3 is 12.1 Å². The van der Waals surface area contributed by atoms with Gasteiger partial charge in [-0.2, -0.15) is 18.4 Å². The zero-order valence-electron chi connectivity index (χ0n) is 19.9. The van der Waals surface area contributed by atoms with Gasteiger partial charge in [0.05, 0.1) is 41.4 Å². The molecule has 3 aromatic rings. The minimum Gasteiger partial charge on any atom is -0.494 e. The summed E-state index contributed by atoms with van der Waals surface area (Å²) in [6.45, 7) is 4.15. The summed E-state index contributed by atoms with van der Waals surface area (Å²) >= 11 is 0.720. The summed E-state index contributed by atoms with van der Waals surface area (Å²) in [7, 11) is 0. The fourth-order valence-corrected chi connectivity index (χ4v) is 4.03. The van der Waals surface area contributed by atoms with E-state index in [1.54, 1.807) is 37.3 Å². The normalized spacial score (nSPS) is 10.9. The van der Waals surface area contributed by atoms with Gasteiger partial charge in [0.25, 0.3) is 0 Å². The number of hydrogen-bond acceptors (Lipinski definition) is 7. The number of esters is 1. The molecule has 1 amide bonds. The van der Waals surface area contributed by atoms with Crippen LogP contribution in [0.25, 0.3) is 11.3 Å². The summed E-state index contributed by atoms with van der Waals surface area (Å²) in [6, 6.07) is 14.7. The second kappa shape index (κ2) is 12.3. The number of pyridine rings is 1. The molecule has 0 bridgehead atoms. The topological polar surface area (TPSA) is 101 Å². The largest absolute Gasteiger partial charge is 0.494 e. The van der Waals surface area contributed by atoms with E-state index in [9.17, 15) is 28.0 Å². The van der Waals surface area contributed by atoms with E-state index >= 15 is 0 Å². The van der Waals surface area contributed by atoms with Gasteiger partial charge in [-0.3, -0.25) is 4.79 Å². The molecule has 0 aliphatic heterocycles. The molecule has 1 aromatic heterocycles. The first-order valence-corrected chi connectivity index (χ1v) is 12.1. The van der Waals surface area contributed by atoms with Crippen LogP contribution in [-0.4, -0.2) is 35.8 Å². The summed E-state index contributed by atoms with van der Waals surface area (Å²) in [4.78, 5) is 28.5. The van der Waals surface area contributed by atoms with Crippen LogP contribution in [0.3, 0.4) is 0 Å². The van der Waals surface area contributed by atoms with Crippen molar-refractivity contribution in [1.29, 1.82) is 5.26 Å². The number of thioether (sulfide) groups is 1. The number of carbonyl (C=O) groups excluding carboxylic acids is 2. The third-order valence-corrected chi connectivity index (χ3v) is 5.86. The Morgan fingerprint density at radius 1 is 1.05 bits per heavy atom. The van der Waals surface area contributed by atoms with Gasteiger partial charge in [-0.05, 0) is 68.4 Å². The molecule has 0 saturated carbocycles. The van der Waals surface area contributed by atoms with E-state index in [0.29, 0.717) is 29.2 Å². The number of halogens is 3. The van der Waals surface area contributed by atoms with Crippen LogP contribution in [0.15, 0.2) is 59.6 Å². The highest BCUT2D eigenvalue weighted by Crippen LogP contribution is 2.38. The number of nitrogens with one attached hydrogen (secondary N) is 1. The number of nitrogens with zero attached hydrogens (tertiary/aromatic N) is 2. The molecule has 37 heavy (non-hydrogen) atoms. The molecule has 0 spiro atoms. The second-order valence-corrected chi connectivity index (χ2v) is 8.40. The van der Waals surface area contributed by atoms with Gasteiger partial charge in [-0.25, -0.2) is 9.78 Å². The van der Waals surface area contributed by atoms with Crippen LogP contribution in [0, 0.1) is 11.3 Å². The first-order valence-electron chi connectivity index (χ1n) is 11.1. The highest BCUT2D eigenvalue weighted by molar-refractivity contribution is 8.00.